The highest BCUT2D eigenvalue weighted by Crippen LogP contribution is 2.17. The Morgan fingerprint density at radius 3 is 2.21 bits per heavy atom. The Balaban J connectivity index is 1.55. The fourth-order valence-corrected chi connectivity index (χ4v) is 2.85. The van der Waals surface area contributed by atoms with Crippen molar-refractivity contribution in [3.63, 3.8) is 0 Å². The van der Waals surface area contributed by atoms with Gasteiger partial charge in [0.2, 0.25) is 5.91 Å². The molecule has 1 amide bonds. The number of benzene rings is 2. The molecule has 24 heavy (non-hydrogen) atoms. The van der Waals surface area contributed by atoms with E-state index < -0.39 is 0 Å². The third-order valence-electron chi connectivity index (χ3n) is 4.26. The summed E-state index contributed by atoms with van der Waals surface area (Å²) in [6.07, 6.45) is 0.303. The van der Waals surface area contributed by atoms with Crippen molar-refractivity contribution < 1.29 is 9.18 Å². The second-order valence-electron chi connectivity index (χ2n) is 5.83. The number of carbonyl (C=O) groups excluding carboxylic acids is 1. The van der Waals surface area contributed by atoms with Gasteiger partial charge >= 0.3 is 0 Å². The van der Waals surface area contributed by atoms with Crippen molar-refractivity contribution in [1.82, 2.24) is 4.90 Å². The lowest BCUT2D eigenvalue weighted by molar-refractivity contribution is -0.130. The van der Waals surface area contributed by atoms with Crippen LogP contribution < -0.4 is 4.90 Å². The Kier molecular flexibility index (Phi) is 4.76. The van der Waals surface area contributed by atoms with Crippen molar-refractivity contribution in [2.45, 2.75) is 6.42 Å². The zero-order valence-electron chi connectivity index (χ0n) is 13.3. The minimum atomic E-state index is -0.290. The van der Waals surface area contributed by atoms with Crippen molar-refractivity contribution in [3.8, 4) is 6.07 Å². The number of hydrogen-bond acceptors (Lipinski definition) is 3. The number of hydrogen-bond donors (Lipinski definition) is 0. The van der Waals surface area contributed by atoms with E-state index in [1.807, 2.05) is 17.0 Å². The number of carbonyl (C=O) groups is 1. The third-order valence-corrected chi connectivity index (χ3v) is 4.26. The predicted octanol–water partition coefficient (Wildman–Crippen LogP) is 2.59. The number of nitrogens with zero attached hydrogens (tertiary/aromatic N) is 3. The van der Waals surface area contributed by atoms with Crippen LogP contribution >= 0.6 is 0 Å². The van der Waals surface area contributed by atoms with Crippen LogP contribution in [0.1, 0.15) is 11.1 Å². The van der Waals surface area contributed by atoms with E-state index in [1.54, 1.807) is 24.3 Å². The summed E-state index contributed by atoms with van der Waals surface area (Å²) in [5.41, 5.74) is 2.54. The second kappa shape index (κ2) is 7.14. The highest BCUT2D eigenvalue weighted by atomic mass is 19.1. The number of rotatable bonds is 3. The lowest BCUT2D eigenvalue weighted by atomic mass is 10.1. The summed E-state index contributed by atoms with van der Waals surface area (Å²) in [4.78, 5) is 16.4. The van der Waals surface area contributed by atoms with E-state index in [9.17, 15) is 9.18 Å². The van der Waals surface area contributed by atoms with E-state index in [2.05, 4.69) is 11.0 Å². The standard InChI is InChI=1S/C19H18FN3O/c20-17-5-1-15(2-6-17)13-19(24)23-11-9-22(10-12-23)18-7-3-16(14-21)4-8-18/h1-8H,9-13H2. The monoisotopic (exact) mass is 323 g/mol. The molecule has 0 radical (unpaired) electrons. The van der Waals surface area contributed by atoms with E-state index >= 15 is 0 Å². The molecule has 0 bridgehead atoms. The maximum atomic E-state index is 12.9. The van der Waals surface area contributed by atoms with Crippen LogP contribution in [0.5, 0.6) is 0 Å². The van der Waals surface area contributed by atoms with E-state index in [0.29, 0.717) is 25.1 Å². The SMILES string of the molecule is N#Cc1ccc(N2CCN(C(=O)Cc3ccc(F)cc3)CC2)cc1. The molecule has 0 saturated carbocycles. The van der Waals surface area contributed by atoms with Crippen LogP contribution in [0.3, 0.4) is 0 Å². The van der Waals surface area contributed by atoms with Gasteiger partial charge in [-0.1, -0.05) is 12.1 Å². The lowest BCUT2D eigenvalue weighted by Gasteiger charge is -2.36. The number of anilines is 1. The van der Waals surface area contributed by atoms with Crippen LogP contribution in [0, 0.1) is 17.1 Å². The Morgan fingerprint density at radius 1 is 1.00 bits per heavy atom. The molecular weight excluding hydrogens is 305 g/mol. The summed E-state index contributed by atoms with van der Waals surface area (Å²) in [6.45, 7) is 2.86. The smallest absolute Gasteiger partial charge is 0.227 e. The molecule has 2 aromatic carbocycles. The molecule has 0 aromatic heterocycles. The molecule has 3 rings (SSSR count). The van der Waals surface area contributed by atoms with Crippen LogP contribution in [0.4, 0.5) is 10.1 Å². The van der Waals surface area contributed by atoms with E-state index in [1.165, 1.54) is 12.1 Å². The number of amides is 1. The van der Waals surface area contributed by atoms with Gasteiger partial charge in [0.25, 0.3) is 0 Å². The Hall–Kier alpha value is -2.87. The van der Waals surface area contributed by atoms with Crippen molar-refractivity contribution in [1.29, 1.82) is 5.26 Å². The first kappa shape index (κ1) is 16.0. The predicted molar refractivity (Wildman–Crippen MR) is 90.1 cm³/mol. The normalized spacial score (nSPS) is 14.3. The number of piperazine rings is 1. The largest absolute Gasteiger partial charge is 0.368 e. The van der Waals surface area contributed by atoms with Gasteiger partial charge in [-0.05, 0) is 42.0 Å². The minimum absolute atomic E-state index is 0.0705. The van der Waals surface area contributed by atoms with Crippen molar-refractivity contribution in [2.24, 2.45) is 0 Å². The molecule has 0 aliphatic carbocycles. The molecule has 122 valence electrons. The average molecular weight is 323 g/mol. The first-order chi connectivity index (χ1) is 11.7. The van der Waals surface area contributed by atoms with E-state index in [-0.39, 0.29) is 11.7 Å². The van der Waals surface area contributed by atoms with Gasteiger partial charge in [0.15, 0.2) is 0 Å². The van der Waals surface area contributed by atoms with Crippen molar-refractivity contribution in [3.05, 3.63) is 65.5 Å². The summed E-state index contributed by atoms with van der Waals surface area (Å²) in [6, 6.07) is 15.7. The van der Waals surface area contributed by atoms with E-state index in [0.717, 1.165) is 24.3 Å². The molecule has 1 fully saturated rings. The zero-order valence-corrected chi connectivity index (χ0v) is 13.3. The van der Waals surface area contributed by atoms with Crippen LogP contribution in [-0.2, 0) is 11.2 Å². The summed E-state index contributed by atoms with van der Waals surface area (Å²) < 4.78 is 12.9. The van der Waals surface area contributed by atoms with Gasteiger partial charge in [0, 0.05) is 31.9 Å². The summed E-state index contributed by atoms with van der Waals surface area (Å²) in [5, 5.41) is 8.84. The highest BCUT2D eigenvalue weighted by molar-refractivity contribution is 5.79. The maximum absolute atomic E-state index is 12.9. The summed E-state index contributed by atoms with van der Waals surface area (Å²) in [5.74, 6) is -0.219. The molecule has 1 heterocycles. The van der Waals surface area contributed by atoms with Gasteiger partial charge in [0.1, 0.15) is 5.82 Å². The van der Waals surface area contributed by atoms with Gasteiger partial charge in [-0.2, -0.15) is 5.26 Å². The van der Waals surface area contributed by atoms with Gasteiger partial charge in [-0.25, -0.2) is 4.39 Å². The molecule has 0 spiro atoms. The molecule has 1 aliphatic heterocycles. The molecular formula is C19H18FN3O. The number of halogens is 1. The lowest BCUT2D eigenvalue weighted by Crippen LogP contribution is -2.49. The highest BCUT2D eigenvalue weighted by Gasteiger charge is 2.21. The Labute approximate surface area is 140 Å². The summed E-state index contributed by atoms with van der Waals surface area (Å²) in [7, 11) is 0. The molecule has 4 nitrogen and oxygen atoms in total. The van der Waals surface area contributed by atoms with E-state index in [4.69, 9.17) is 5.26 Å². The molecule has 0 atom stereocenters. The Bertz CT molecular complexity index is 742. The maximum Gasteiger partial charge on any atom is 0.227 e. The molecule has 2 aromatic rings. The van der Waals surface area contributed by atoms with Crippen molar-refractivity contribution in [2.75, 3.05) is 31.1 Å². The van der Waals surface area contributed by atoms with Crippen LogP contribution in [0.2, 0.25) is 0 Å². The van der Waals surface area contributed by atoms with Gasteiger partial charge in [0.05, 0.1) is 18.1 Å². The minimum Gasteiger partial charge on any atom is -0.368 e. The Morgan fingerprint density at radius 2 is 1.62 bits per heavy atom. The molecule has 0 N–H and O–H groups in total. The fourth-order valence-electron chi connectivity index (χ4n) is 2.85. The number of nitriles is 1. The average Bonchev–Trinajstić information content (AvgIpc) is 2.64. The van der Waals surface area contributed by atoms with Gasteiger partial charge < -0.3 is 9.80 Å². The molecule has 1 aliphatic rings. The molecule has 1 saturated heterocycles. The third kappa shape index (κ3) is 3.72. The van der Waals surface area contributed by atoms with Crippen LogP contribution in [0.15, 0.2) is 48.5 Å². The first-order valence-corrected chi connectivity index (χ1v) is 7.93. The summed E-state index contributed by atoms with van der Waals surface area (Å²) >= 11 is 0. The van der Waals surface area contributed by atoms with Crippen molar-refractivity contribution >= 4 is 11.6 Å². The molecule has 0 unspecified atom stereocenters. The fraction of sp³-hybridized carbons (Fsp3) is 0.263. The van der Waals surface area contributed by atoms with Gasteiger partial charge in [-0.3, -0.25) is 4.79 Å². The quantitative estimate of drug-likeness (QED) is 0.872. The van der Waals surface area contributed by atoms with Crippen LogP contribution in [-0.4, -0.2) is 37.0 Å². The topological polar surface area (TPSA) is 47.3 Å². The zero-order chi connectivity index (χ0) is 16.9. The second-order valence-corrected chi connectivity index (χ2v) is 5.83. The van der Waals surface area contributed by atoms with Gasteiger partial charge in [-0.15, -0.1) is 0 Å². The first-order valence-electron chi connectivity index (χ1n) is 7.93. The molecule has 5 heteroatoms. The van der Waals surface area contributed by atoms with Crippen LogP contribution in [0.25, 0.3) is 0 Å².